The van der Waals surface area contributed by atoms with Gasteiger partial charge in [0.15, 0.2) is 0 Å². The van der Waals surface area contributed by atoms with E-state index in [1.807, 2.05) is 29.3 Å². The van der Waals surface area contributed by atoms with Crippen LogP contribution in [-0.4, -0.2) is 65.5 Å². The Kier molecular flexibility index (Phi) is 7.90. The second kappa shape index (κ2) is 11.2. The van der Waals surface area contributed by atoms with Gasteiger partial charge in [0.25, 0.3) is 5.91 Å². The molecule has 0 radical (unpaired) electrons. The predicted octanol–water partition coefficient (Wildman–Crippen LogP) is 1.49. The highest BCUT2D eigenvalue weighted by Gasteiger charge is 2.22. The molecule has 2 aliphatic rings. The molecule has 8 nitrogen and oxygen atoms in total. The first-order valence-electron chi connectivity index (χ1n) is 11.8. The van der Waals surface area contributed by atoms with Gasteiger partial charge < -0.3 is 25.4 Å². The standard InChI is InChI=1S/C24H34N6O2/c31-23-17-20(19-7-2-1-3-8-19)26-10-4-5-14-29(15-6-11-27-23)24(32)21-18-30-16-13-25-12-9-22(30)28-21/h1-3,7-8,18,20,25-26H,4-6,9-17H2,(H,27,31). The molecule has 8 heteroatoms. The van der Waals surface area contributed by atoms with Gasteiger partial charge in [-0.15, -0.1) is 0 Å². The zero-order valence-corrected chi connectivity index (χ0v) is 18.7. The summed E-state index contributed by atoms with van der Waals surface area (Å²) < 4.78 is 2.10. The molecule has 2 aliphatic heterocycles. The molecule has 1 atom stereocenters. The Hall–Kier alpha value is -2.71. The van der Waals surface area contributed by atoms with Crippen molar-refractivity contribution >= 4 is 11.8 Å². The van der Waals surface area contributed by atoms with E-state index in [0.717, 1.165) is 63.3 Å². The third kappa shape index (κ3) is 5.95. The molecular weight excluding hydrogens is 404 g/mol. The van der Waals surface area contributed by atoms with Gasteiger partial charge in [-0.05, 0) is 31.4 Å². The number of aromatic nitrogens is 2. The Bertz CT molecular complexity index is 874. The molecule has 1 aromatic carbocycles. The molecule has 1 fully saturated rings. The van der Waals surface area contributed by atoms with Gasteiger partial charge in [-0.2, -0.15) is 0 Å². The number of fused-ring (bicyclic) bond motifs is 1. The number of hydrogen-bond donors (Lipinski definition) is 3. The fraction of sp³-hybridized carbons (Fsp3) is 0.542. The lowest BCUT2D eigenvalue weighted by molar-refractivity contribution is -0.121. The fourth-order valence-electron chi connectivity index (χ4n) is 4.40. The quantitative estimate of drug-likeness (QED) is 0.661. The van der Waals surface area contributed by atoms with Crippen LogP contribution in [0.3, 0.4) is 0 Å². The summed E-state index contributed by atoms with van der Waals surface area (Å²) in [6, 6.07) is 10.1. The van der Waals surface area contributed by atoms with Gasteiger partial charge in [0.05, 0.1) is 0 Å². The minimum absolute atomic E-state index is 0.00474. The van der Waals surface area contributed by atoms with Crippen LogP contribution < -0.4 is 16.0 Å². The van der Waals surface area contributed by atoms with Crippen molar-refractivity contribution in [2.75, 3.05) is 39.3 Å². The molecule has 2 aromatic rings. The Morgan fingerprint density at radius 3 is 2.69 bits per heavy atom. The minimum atomic E-state index is -0.00477. The molecule has 1 unspecified atom stereocenters. The molecule has 1 aromatic heterocycles. The third-order valence-electron chi connectivity index (χ3n) is 6.18. The van der Waals surface area contributed by atoms with Gasteiger partial charge in [-0.3, -0.25) is 9.59 Å². The van der Waals surface area contributed by atoms with E-state index >= 15 is 0 Å². The van der Waals surface area contributed by atoms with E-state index in [2.05, 4.69) is 37.6 Å². The van der Waals surface area contributed by atoms with Crippen molar-refractivity contribution in [2.45, 2.75) is 44.7 Å². The summed E-state index contributed by atoms with van der Waals surface area (Å²) in [6.45, 7) is 5.33. The highest BCUT2D eigenvalue weighted by Crippen LogP contribution is 2.17. The van der Waals surface area contributed by atoms with E-state index < -0.39 is 0 Å². The van der Waals surface area contributed by atoms with Crippen LogP contribution in [0.25, 0.3) is 0 Å². The number of carbonyl (C=O) groups excluding carboxylic acids is 2. The molecule has 1 saturated heterocycles. The van der Waals surface area contributed by atoms with Gasteiger partial charge in [-0.25, -0.2) is 4.98 Å². The summed E-state index contributed by atoms with van der Waals surface area (Å²) in [5.74, 6) is 1.01. The molecule has 172 valence electrons. The van der Waals surface area contributed by atoms with E-state index in [0.29, 0.717) is 31.7 Å². The van der Waals surface area contributed by atoms with Crippen molar-refractivity contribution in [3.8, 4) is 0 Å². The van der Waals surface area contributed by atoms with Crippen LogP contribution in [0.1, 0.15) is 53.6 Å². The molecule has 2 amide bonds. The van der Waals surface area contributed by atoms with Crippen molar-refractivity contribution in [1.82, 2.24) is 30.4 Å². The number of benzene rings is 1. The van der Waals surface area contributed by atoms with Gasteiger partial charge in [0.2, 0.25) is 5.91 Å². The summed E-state index contributed by atoms with van der Waals surface area (Å²) in [5.41, 5.74) is 1.67. The second-order valence-electron chi connectivity index (χ2n) is 8.56. The zero-order valence-electron chi connectivity index (χ0n) is 18.7. The first-order valence-corrected chi connectivity index (χ1v) is 11.8. The lowest BCUT2D eigenvalue weighted by Gasteiger charge is -2.22. The second-order valence-corrected chi connectivity index (χ2v) is 8.56. The summed E-state index contributed by atoms with van der Waals surface area (Å²) in [5, 5.41) is 9.91. The van der Waals surface area contributed by atoms with Gasteiger partial charge >= 0.3 is 0 Å². The van der Waals surface area contributed by atoms with Crippen molar-refractivity contribution in [1.29, 1.82) is 0 Å². The Balaban J connectivity index is 1.39. The Labute approximate surface area is 189 Å². The zero-order chi connectivity index (χ0) is 22.2. The van der Waals surface area contributed by atoms with Crippen LogP contribution in [-0.2, 0) is 17.8 Å². The van der Waals surface area contributed by atoms with Gasteiger partial charge in [-0.1, -0.05) is 30.3 Å². The summed E-state index contributed by atoms with van der Waals surface area (Å²) >= 11 is 0. The highest BCUT2D eigenvalue weighted by atomic mass is 16.2. The van der Waals surface area contributed by atoms with Crippen molar-refractivity contribution in [3.05, 3.63) is 53.6 Å². The number of amides is 2. The number of carbonyl (C=O) groups is 2. The van der Waals surface area contributed by atoms with E-state index in [1.165, 1.54) is 0 Å². The maximum Gasteiger partial charge on any atom is 0.274 e. The largest absolute Gasteiger partial charge is 0.356 e. The maximum atomic E-state index is 13.2. The van der Waals surface area contributed by atoms with Crippen LogP contribution in [0.5, 0.6) is 0 Å². The van der Waals surface area contributed by atoms with Crippen LogP contribution >= 0.6 is 0 Å². The average molecular weight is 439 g/mol. The number of nitrogens with one attached hydrogen (secondary N) is 3. The smallest absolute Gasteiger partial charge is 0.274 e. The lowest BCUT2D eigenvalue weighted by atomic mass is 10.0. The Morgan fingerprint density at radius 1 is 0.969 bits per heavy atom. The van der Waals surface area contributed by atoms with Crippen LogP contribution in [0.2, 0.25) is 0 Å². The minimum Gasteiger partial charge on any atom is -0.356 e. The van der Waals surface area contributed by atoms with E-state index in [1.54, 1.807) is 0 Å². The SMILES string of the molecule is O=C1CC(c2ccccc2)NCCCCN(C(=O)c2cn3c(n2)CCNCC3)CCCN1. The number of nitrogens with zero attached hydrogens (tertiary/aromatic N) is 3. The molecule has 0 bridgehead atoms. The molecule has 0 saturated carbocycles. The van der Waals surface area contributed by atoms with E-state index in [4.69, 9.17) is 0 Å². The number of imidazole rings is 1. The molecule has 4 rings (SSSR count). The molecule has 3 heterocycles. The first-order chi connectivity index (χ1) is 15.7. The lowest BCUT2D eigenvalue weighted by Crippen LogP contribution is -2.35. The number of rotatable bonds is 2. The third-order valence-corrected chi connectivity index (χ3v) is 6.18. The summed E-state index contributed by atoms with van der Waals surface area (Å²) in [6.07, 6.45) is 5.76. The average Bonchev–Trinajstić information content (AvgIpc) is 3.10. The normalized spacial score (nSPS) is 21.3. The monoisotopic (exact) mass is 438 g/mol. The molecular formula is C24H34N6O2. The fourth-order valence-corrected chi connectivity index (χ4v) is 4.40. The summed E-state index contributed by atoms with van der Waals surface area (Å²) in [4.78, 5) is 32.3. The first kappa shape index (κ1) is 22.5. The van der Waals surface area contributed by atoms with Gasteiger partial charge in [0.1, 0.15) is 11.5 Å². The van der Waals surface area contributed by atoms with Crippen LogP contribution in [0, 0.1) is 0 Å². The molecule has 32 heavy (non-hydrogen) atoms. The number of hydrogen-bond acceptors (Lipinski definition) is 5. The van der Waals surface area contributed by atoms with E-state index in [-0.39, 0.29) is 17.9 Å². The van der Waals surface area contributed by atoms with E-state index in [9.17, 15) is 9.59 Å². The molecule has 3 N–H and O–H groups in total. The summed E-state index contributed by atoms with van der Waals surface area (Å²) in [7, 11) is 0. The van der Waals surface area contributed by atoms with Crippen molar-refractivity contribution in [3.63, 3.8) is 0 Å². The molecule has 0 spiro atoms. The highest BCUT2D eigenvalue weighted by molar-refractivity contribution is 5.92. The molecule has 0 aliphatic carbocycles. The Morgan fingerprint density at radius 2 is 1.81 bits per heavy atom. The van der Waals surface area contributed by atoms with Gasteiger partial charge in [0, 0.05) is 64.3 Å². The van der Waals surface area contributed by atoms with Crippen LogP contribution in [0.15, 0.2) is 36.5 Å². The van der Waals surface area contributed by atoms with Crippen LogP contribution in [0.4, 0.5) is 0 Å². The topological polar surface area (TPSA) is 91.3 Å². The maximum absolute atomic E-state index is 13.2. The van der Waals surface area contributed by atoms with Crippen molar-refractivity contribution < 1.29 is 9.59 Å². The predicted molar refractivity (Wildman–Crippen MR) is 123 cm³/mol. The van der Waals surface area contributed by atoms with Crippen molar-refractivity contribution in [2.24, 2.45) is 0 Å².